The number of anilines is 3. The van der Waals surface area contributed by atoms with Gasteiger partial charge in [-0.1, -0.05) is 31.4 Å². The summed E-state index contributed by atoms with van der Waals surface area (Å²) in [5.74, 6) is 0.0907. The Morgan fingerprint density at radius 3 is 2.44 bits per heavy atom. The number of aromatic nitrogens is 5. The number of alkyl halides is 1. The molecule has 3 atom stereocenters. The standard InChI is InChI=1S/C37H48N10O4.C4H8FN/c1-5-6-13-32(37(51)39-2)44(4)31-16-15-26(17-33(31)43(3)25-49)12-10-8-7-9-11-14-34(50)45-22-29(23-45)46-21-27(18-41-46)30-20-42-47-28(24-48)19-40-36(47)35(30)38;1-6-4-2-3(4)5/h5,15-21,24-25,29,32H,1,6-14,22-23,38H2,2-4H3,(H,39,51);3-4,6H,2H2,1H3/t;3-,4+/m.0/s1. The number of aryl methyl sites for hydroxylation is 1. The van der Waals surface area contributed by atoms with Crippen LogP contribution in [0.15, 0.2) is 55.6 Å². The summed E-state index contributed by atoms with van der Waals surface area (Å²) in [7, 11) is 7.02. The Labute approximate surface area is 333 Å². The van der Waals surface area contributed by atoms with Gasteiger partial charge in [-0.25, -0.2) is 13.9 Å². The van der Waals surface area contributed by atoms with Gasteiger partial charge in [0.2, 0.25) is 18.2 Å². The molecule has 16 heteroatoms. The number of imidazole rings is 1. The number of allylic oxidation sites excluding steroid dienone is 1. The third kappa shape index (κ3) is 10.4. The van der Waals surface area contributed by atoms with E-state index in [4.69, 9.17) is 5.73 Å². The Balaban J connectivity index is 0.000000944. The van der Waals surface area contributed by atoms with Crippen molar-refractivity contribution in [3.63, 3.8) is 0 Å². The molecule has 2 aliphatic rings. The Morgan fingerprint density at radius 2 is 1.79 bits per heavy atom. The van der Waals surface area contributed by atoms with Crippen LogP contribution in [0.2, 0.25) is 0 Å². The van der Waals surface area contributed by atoms with Crippen LogP contribution in [-0.2, 0) is 20.8 Å². The van der Waals surface area contributed by atoms with Crippen LogP contribution >= 0.6 is 0 Å². The first-order valence-corrected chi connectivity index (χ1v) is 19.6. The highest BCUT2D eigenvalue weighted by Gasteiger charge is 2.35. The molecule has 57 heavy (non-hydrogen) atoms. The van der Waals surface area contributed by atoms with E-state index in [0.29, 0.717) is 61.2 Å². The van der Waals surface area contributed by atoms with Gasteiger partial charge in [-0.3, -0.25) is 23.9 Å². The fourth-order valence-electron chi connectivity index (χ4n) is 7.01. The molecule has 15 nitrogen and oxygen atoms in total. The highest BCUT2D eigenvalue weighted by molar-refractivity contribution is 5.89. The summed E-state index contributed by atoms with van der Waals surface area (Å²) in [6.45, 7) is 5.02. The smallest absolute Gasteiger partial charge is 0.242 e. The summed E-state index contributed by atoms with van der Waals surface area (Å²) < 4.78 is 15.0. The molecule has 1 aliphatic carbocycles. The van der Waals surface area contributed by atoms with E-state index in [-0.39, 0.29) is 29.9 Å². The van der Waals surface area contributed by atoms with Gasteiger partial charge >= 0.3 is 0 Å². The molecule has 1 unspecified atom stereocenters. The minimum atomic E-state index is -0.546. The first-order chi connectivity index (χ1) is 27.5. The van der Waals surface area contributed by atoms with Crippen molar-refractivity contribution < 1.29 is 23.6 Å². The molecule has 2 fully saturated rings. The first-order valence-electron chi connectivity index (χ1n) is 19.6. The molecular formula is C41H56FN11O4. The number of nitrogens with zero attached hydrogens (tertiary/aromatic N) is 8. The number of halogens is 1. The van der Waals surface area contributed by atoms with E-state index in [2.05, 4.69) is 38.5 Å². The third-order valence-corrected chi connectivity index (χ3v) is 10.8. The normalized spacial score (nSPS) is 16.5. The second-order valence-corrected chi connectivity index (χ2v) is 14.7. The second kappa shape index (κ2) is 20.0. The average molecular weight is 786 g/mol. The van der Waals surface area contributed by atoms with Gasteiger partial charge in [-0.05, 0) is 63.3 Å². The van der Waals surface area contributed by atoms with Crippen LogP contribution in [0.1, 0.15) is 79.9 Å². The summed E-state index contributed by atoms with van der Waals surface area (Å²) in [4.78, 5) is 58.0. The summed E-state index contributed by atoms with van der Waals surface area (Å²) in [6, 6.07) is 6.01. The van der Waals surface area contributed by atoms with Gasteiger partial charge in [0, 0.05) is 64.0 Å². The number of nitrogens with one attached hydrogen (secondary N) is 2. The van der Waals surface area contributed by atoms with Crippen molar-refractivity contribution in [2.75, 3.05) is 56.8 Å². The van der Waals surface area contributed by atoms with Gasteiger partial charge in [0.15, 0.2) is 11.9 Å². The number of rotatable bonds is 20. The fourth-order valence-corrected chi connectivity index (χ4v) is 7.01. The molecule has 0 bridgehead atoms. The van der Waals surface area contributed by atoms with Crippen LogP contribution in [0.4, 0.5) is 21.5 Å². The predicted molar refractivity (Wildman–Crippen MR) is 220 cm³/mol. The Morgan fingerprint density at radius 1 is 1.05 bits per heavy atom. The number of carbonyl (C=O) groups is 4. The van der Waals surface area contributed by atoms with Crippen molar-refractivity contribution in [3.05, 3.63) is 66.9 Å². The maximum Gasteiger partial charge on any atom is 0.242 e. The number of unbranched alkanes of at least 4 members (excludes halogenated alkanes) is 4. The van der Waals surface area contributed by atoms with Gasteiger partial charge < -0.3 is 31.1 Å². The number of likely N-dealkylation sites (tertiary alicyclic amines) is 1. The molecular weight excluding hydrogens is 730 g/mol. The predicted octanol–water partition coefficient (Wildman–Crippen LogP) is 4.38. The zero-order valence-electron chi connectivity index (χ0n) is 33.4. The number of aldehydes is 1. The topological polar surface area (TPSA) is 176 Å². The van der Waals surface area contributed by atoms with E-state index in [0.717, 1.165) is 73.9 Å². The lowest BCUT2D eigenvalue weighted by Crippen LogP contribution is -2.50. The zero-order valence-corrected chi connectivity index (χ0v) is 33.4. The van der Waals surface area contributed by atoms with Crippen molar-refractivity contribution in [2.24, 2.45) is 0 Å². The van der Waals surface area contributed by atoms with Crippen LogP contribution < -0.4 is 26.2 Å². The zero-order chi connectivity index (χ0) is 41.1. The fraction of sp³-hybridized carbons (Fsp3) is 0.488. The minimum absolute atomic E-state index is 0.0786. The van der Waals surface area contributed by atoms with Crippen LogP contribution in [0.3, 0.4) is 0 Å². The molecule has 3 amide bonds. The van der Waals surface area contributed by atoms with Gasteiger partial charge in [0.25, 0.3) is 0 Å². The quantitative estimate of drug-likeness (QED) is 0.0663. The summed E-state index contributed by atoms with van der Waals surface area (Å²) in [5.41, 5.74) is 11.7. The van der Waals surface area contributed by atoms with Gasteiger partial charge in [0.05, 0.1) is 41.7 Å². The third-order valence-electron chi connectivity index (χ3n) is 10.8. The molecule has 1 saturated carbocycles. The van der Waals surface area contributed by atoms with Gasteiger partial charge in [0.1, 0.15) is 17.9 Å². The molecule has 4 N–H and O–H groups in total. The molecule has 0 spiro atoms. The maximum absolute atomic E-state index is 12.8. The van der Waals surface area contributed by atoms with Crippen LogP contribution in [0.5, 0.6) is 0 Å². The number of hydrogen-bond acceptors (Lipinski definition) is 10. The summed E-state index contributed by atoms with van der Waals surface area (Å²) in [6.07, 6.45) is 17.8. The Bertz CT molecular complexity index is 2010. The lowest BCUT2D eigenvalue weighted by molar-refractivity contribution is -0.137. The van der Waals surface area contributed by atoms with Gasteiger partial charge in [-0.15, -0.1) is 6.58 Å². The maximum atomic E-state index is 12.8. The number of benzene rings is 1. The van der Waals surface area contributed by atoms with Crippen molar-refractivity contribution >= 4 is 47.2 Å². The number of carbonyl (C=O) groups excluding carboxylic acids is 4. The minimum Gasteiger partial charge on any atom is -0.395 e. The molecule has 1 aromatic carbocycles. The number of amides is 3. The Hall–Kier alpha value is -5.64. The SMILES string of the molecule is C=CCCC(C(=O)NC)N(C)c1ccc(CCCCCCCC(=O)N2CC(n3cc(-c4cnn5c(C=O)cnc5c4N)cn3)C2)cc1N(C)C=O.CN[C@@H]1C[C@@H]1F. The first kappa shape index (κ1) is 42.5. The van der Waals surface area contributed by atoms with E-state index in [1.807, 2.05) is 39.9 Å². The summed E-state index contributed by atoms with van der Waals surface area (Å²) >= 11 is 0. The van der Waals surface area contributed by atoms with E-state index >= 15 is 0 Å². The second-order valence-electron chi connectivity index (χ2n) is 14.7. The van der Waals surface area contributed by atoms with Crippen LogP contribution in [0, 0.1) is 0 Å². The van der Waals surface area contributed by atoms with Crippen molar-refractivity contribution in [3.8, 4) is 11.1 Å². The van der Waals surface area contributed by atoms with Crippen molar-refractivity contribution in [1.29, 1.82) is 0 Å². The number of hydrogen-bond donors (Lipinski definition) is 3. The number of fused-ring (bicyclic) bond motifs is 1. The number of nitrogens with two attached hydrogens (primary N) is 1. The van der Waals surface area contributed by atoms with E-state index in [1.54, 1.807) is 44.5 Å². The molecule has 4 aromatic rings. The Kier molecular flexibility index (Phi) is 14.9. The molecule has 4 heterocycles. The van der Waals surface area contributed by atoms with Crippen molar-refractivity contribution in [2.45, 2.75) is 88.5 Å². The molecule has 3 aromatic heterocycles. The van der Waals surface area contributed by atoms with E-state index in [1.165, 1.54) is 10.7 Å². The van der Waals surface area contributed by atoms with Crippen molar-refractivity contribution in [1.82, 2.24) is 39.9 Å². The molecule has 306 valence electrons. The highest BCUT2D eigenvalue weighted by Crippen LogP contribution is 2.33. The van der Waals surface area contributed by atoms with E-state index < -0.39 is 6.17 Å². The largest absolute Gasteiger partial charge is 0.395 e. The lowest BCUT2D eigenvalue weighted by atomic mass is 10.0. The molecule has 0 radical (unpaired) electrons. The molecule has 1 aliphatic heterocycles. The monoisotopic (exact) mass is 785 g/mol. The number of nitrogen functional groups attached to an aromatic ring is 1. The highest BCUT2D eigenvalue weighted by atomic mass is 19.1. The van der Waals surface area contributed by atoms with Crippen LogP contribution in [-0.4, -0.2) is 113 Å². The average Bonchev–Trinajstić information content (AvgIpc) is 3.51. The van der Waals surface area contributed by atoms with Gasteiger partial charge in [-0.2, -0.15) is 10.2 Å². The summed E-state index contributed by atoms with van der Waals surface area (Å²) in [5, 5.41) is 14.4. The molecule has 1 saturated heterocycles. The lowest BCUT2D eigenvalue weighted by Gasteiger charge is -2.39. The van der Waals surface area contributed by atoms with Crippen LogP contribution in [0.25, 0.3) is 16.8 Å². The number of likely N-dealkylation sites (N-methyl/N-ethyl adjacent to an activating group) is 2. The molecule has 6 rings (SSSR count). The van der Waals surface area contributed by atoms with E-state index in [9.17, 15) is 23.6 Å².